The Bertz CT molecular complexity index is 1120. The number of hydrogen-bond donors (Lipinski definition) is 0. The van der Waals surface area contributed by atoms with Gasteiger partial charge >= 0.3 is 0 Å². The van der Waals surface area contributed by atoms with Crippen molar-refractivity contribution in [1.29, 1.82) is 0 Å². The number of hydrogen-bond acceptors (Lipinski definition) is 4. The molecular weight excluding hydrogens is 408 g/mol. The third-order valence-electron chi connectivity index (χ3n) is 5.44. The minimum absolute atomic E-state index is 0.619. The molecule has 4 aromatic rings. The van der Waals surface area contributed by atoms with Crippen LogP contribution in [0.3, 0.4) is 0 Å². The van der Waals surface area contributed by atoms with Crippen molar-refractivity contribution in [3.05, 3.63) is 77.3 Å². The van der Waals surface area contributed by atoms with Crippen LogP contribution in [0.25, 0.3) is 22.6 Å². The molecule has 0 aliphatic rings. The SMILES string of the molecule is CCN(CC)CCCc1ccc(-c2nc3ccc(Oc4ccc(Cl)cc4)cc3o2)cc1. The molecule has 0 spiro atoms. The fraction of sp³-hybridized carbons (Fsp3) is 0.269. The molecule has 0 bridgehead atoms. The first-order valence-corrected chi connectivity index (χ1v) is 11.2. The molecule has 0 N–H and O–H groups in total. The van der Waals surface area contributed by atoms with E-state index in [9.17, 15) is 0 Å². The number of aromatic nitrogens is 1. The van der Waals surface area contributed by atoms with Crippen molar-refractivity contribution in [3.8, 4) is 23.0 Å². The Morgan fingerprint density at radius 1 is 0.903 bits per heavy atom. The Labute approximate surface area is 188 Å². The van der Waals surface area contributed by atoms with Gasteiger partial charge in [0.05, 0.1) is 0 Å². The first-order valence-electron chi connectivity index (χ1n) is 10.8. The zero-order valence-corrected chi connectivity index (χ0v) is 18.7. The number of oxazole rings is 1. The predicted octanol–water partition coefficient (Wildman–Crippen LogP) is 7.21. The first kappa shape index (κ1) is 21.4. The largest absolute Gasteiger partial charge is 0.457 e. The number of nitrogens with zero attached hydrogens (tertiary/aromatic N) is 2. The number of aryl methyl sites for hydroxylation is 1. The van der Waals surface area contributed by atoms with Crippen LogP contribution in [-0.4, -0.2) is 29.5 Å². The fourth-order valence-corrected chi connectivity index (χ4v) is 3.72. The summed E-state index contributed by atoms with van der Waals surface area (Å²) < 4.78 is 11.9. The molecule has 1 aromatic heterocycles. The van der Waals surface area contributed by atoms with Crippen molar-refractivity contribution < 1.29 is 9.15 Å². The summed E-state index contributed by atoms with van der Waals surface area (Å²) in [5, 5.41) is 0.678. The molecule has 3 aromatic carbocycles. The van der Waals surface area contributed by atoms with E-state index in [1.165, 1.54) is 12.0 Å². The van der Waals surface area contributed by atoms with Gasteiger partial charge in [0.25, 0.3) is 0 Å². The van der Waals surface area contributed by atoms with E-state index in [1.807, 2.05) is 30.3 Å². The molecule has 0 atom stereocenters. The summed E-state index contributed by atoms with van der Waals surface area (Å²) in [6, 6.07) is 21.4. The van der Waals surface area contributed by atoms with Crippen LogP contribution in [0.2, 0.25) is 5.02 Å². The lowest BCUT2D eigenvalue weighted by Gasteiger charge is -2.17. The lowest BCUT2D eigenvalue weighted by Crippen LogP contribution is -2.24. The molecule has 1 heterocycles. The molecule has 0 saturated heterocycles. The normalized spacial score (nSPS) is 11.4. The standard InChI is InChI=1S/C26H27ClN2O2/c1-3-29(4-2)17-5-6-19-7-9-20(10-8-19)26-28-24-16-15-23(18-25(24)31-26)30-22-13-11-21(27)12-14-22/h7-16,18H,3-6,17H2,1-2H3. The van der Waals surface area contributed by atoms with Gasteiger partial charge in [-0.1, -0.05) is 37.6 Å². The molecule has 160 valence electrons. The Hall–Kier alpha value is -2.82. The summed E-state index contributed by atoms with van der Waals surface area (Å²) in [5.41, 5.74) is 3.82. The second-order valence-corrected chi connectivity index (χ2v) is 7.97. The highest BCUT2D eigenvalue weighted by Gasteiger charge is 2.10. The Morgan fingerprint density at radius 3 is 2.32 bits per heavy atom. The van der Waals surface area contributed by atoms with Gasteiger partial charge in [0.1, 0.15) is 17.0 Å². The van der Waals surface area contributed by atoms with Crippen LogP contribution in [0.4, 0.5) is 0 Å². The molecule has 4 nitrogen and oxygen atoms in total. The van der Waals surface area contributed by atoms with E-state index >= 15 is 0 Å². The minimum Gasteiger partial charge on any atom is -0.457 e. The monoisotopic (exact) mass is 434 g/mol. The van der Waals surface area contributed by atoms with E-state index in [-0.39, 0.29) is 0 Å². The van der Waals surface area contributed by atoms with Crippen molar-refractivity contribution in [1.82, 2.24) is 9.88 Å². The van der Waals surface area contributed by atoms with E-state index < -0.39 is 0 Å². The van der Waals surface area contributed by atoms with E-state index in [0.717, 1.165) is 42.9 Å². The Balaban J connectivity index is 1.43. The van der Waals surface area contributed by atoms with E-state index in [2.05, 4.69) is 48.0 Å². The van der Waals surface area contributed by atoms with Crippen LogP contribution in [-0.2, 0) is 6.42 Å². The average Bonchev–Trinajstić information content (AvgIpc) is 3.22. The van der Waals surface area contributed by atoms with Crippen LogP contribution >= 0.6 is 11.6 Å². The topological polar surface area (TPSA) is 38.5 Å². The average molecular weight is 435 g/mol. The highest BCUT2D eigenvalue weighted by atomic mass is 35.5. The zero-order valence-electron chi connectivity index (χ0n) is 18.0. The van der Waals surface area contributed by atoms with Gasteiger partial charge in [-0.15, -0.1) is 0 Å². The van der Waals surface area contributed by atoms with Crippen molar-refractivity contribution >= 4 is 22.7 Å². The molecule has 0 unspecified atom stereocenters. The number of ether oxygens (including phenoxy) is 1. The highest BCUT2D eigenvalue weighted by Crippen LogP contribution is 2.30. The second kappa shape index (κ2) is 9.99. The maximum Gasteiger partial charge on any atom is 0.227 e. The van der Waals surface area contributed by atoms with E-state index in [0.29, 0.717) is 22.2 Å². The van der Waals surface area contributed by atoms with Crippen molar-refractivity contribution in [2.75, 3.05) is 19.6 Å². The van der Waals surface area contributed by atoms with Crippen molar-refractivity contribution in [2.24, 2.45) is 0 Å². The molecular formula is C26H27ClN2O2. The maximum absolute atomic E-state index is 6.01. The maximum atomic E-state index is 6.01. The molecule has 0 fully saturated rings. The molecule has 0 amide bonds. The van der Waals surface area contributed by atoms with Crippen molar-refractivity contribution in [2.45, 2.75) is 26.7 Å². The van der Waals surface area contributed by atoms with Crippen LogP contribution in [0.15, 0.2) is 71.1 Å². The molecule has 31 heavy (non-hydrogen) atoms. The number of halogens is 1. The smallest absolute Gasteiger partial charge is 0.227 e. The van der Waals surface area contributed by atoms with Gasteiger partial charge in [0, 0.05) is 16.7 Å². The minimum atomic E-state index is 0.619. The van der Waals surface area contributed by atoms with E-state index in [4.69, 9.17) is 20.8 Å². The third kappa shape index (κ3) is 5.46. The molecule has 4 rings (SSSR count). The lowest BCUT2D eigenvalue weighted by atomic mass is 10.1. The fourth-order valence-electron chi connectivity index (χ4n) is 3.59. The molecule has 5 heteroatoms. The molecule has 0 aliphatic carbocycles. The predicted molar refractivity (Wildman–Crippen MR) is 127 cm³/mol. The summed E-state index contributed by atoms with van der Waals surface area (Å²) in [4.78, 5) is 7.09. The van der Waals surface area contributed by atoms with Crippen LogP contribution in [0.1, 0.15) is 25.8 Å². The molecule has 0 saturated carbocycles. The molecule has 0 radical (unpaired) electrons. The number of fused-ring (bicyclic) bond motifs is 1. The summed E-state index contributed by atoms with van der Waals surface area (Å²) in [6.45, 7) is 7.79. The quantitative estimate of drug-likeness (QED) is 0.279. The molecule has 0 aliphatic heterocycles. The van der Waals surface area contributed by atoms with Gasteiger partial charge in [0.2, 0.25) is 5.89 Å². The van der Waals surface area contributed by atoms with Gasteiger partial charge in [-0.05, 0) is 86.6 Å². The Kier molecular flexibility index (Phi) is 6.90. The summed E-state index contributed by atoms with van der Waals surface area (Å²) >= 11 is 5.93. The third-order valence-corrected chi connectivity index (χ3v) is 5.70. The van der Waals surface area contributed by atoms with Crippen LogP contribution < -0.4 is 4.74 Å². The summed E-state index contributed by atoms with van der Waals surface area (Å²) in [6.07, 6.45) is 2.25. The summed E-state index contributed by atoms with van der Waals surface area (Å²) in [7, 11) is 0. The van der Waals surface area contributed by atoms with E-state index in [1.54, 1.807) is 12.1 Å². The zero-order chi connectivity index (χ0) is 21.6. The summed E-state index contributed by atoms with van der Waals surface area (Å²) in [5.74, 6) is 2.04. The first-order chi connectivity index (χ1) is 15.1. The van der Waals surface area contributed by atoms with Crippen LogP contribution in [0, 0.1) is 0 Å². The van der Waals surface area contributed by atoms with Crippen molar-refractivity contribution in [3.63, 3.8) is 0 Å². The number of rotatable bonds is 9. The lowest BCUT2D eigenvalue weighted by molar-refractivity contribution is 0.300. The second-order valence-electron chi connectivity index (χ2n) is 7.53. The van der Waals surface area contributed by atoms with Gasteiger partial charge in [-0.2, -0.15) is 0 Å². The van der Waals surface area contributed by atoms with Gasteiger partial charge in [0.15, 0.2) is 5.58 Å². The van der Waals surface area contributed by atoms with Gasteiger partial charge < -0.3 is 14.1 Å². The Morgan fingerprint density at radius 2 is 1.61 bits per heavy atom. The highest BCUT2D eigenvalue weighted by molar-refractivity contribution is 6.30. The van der Waals surface area contributed by atoms with Crippen LogP contribution in [0.5, 0.6) is 11.5 Å². The number of benzene rings is 3. The van der Waals surface area contributed by atoms with Gasteiger partial charge in [-0.25, -0.2) is 4.98 Å². The van der Waals surface area contributed by atoms with Gasteiger partial charge in [-0.3, -0.25) is 0 Å².